The Morgan fingerprint density at radius 2 is 1.93 bits per heavy atom. The first-order valence-electron chi connectivity index (χ1n) is 8.49. The summed E-state index contributed by atoms with van der Waals surface area (Å²) in [5.74, 6) is -3.02. The number of imide groups is 1. The number of rotatable bonds is 5. The Balaban J connectivity index is 1.56. The molecule has 8 nitrogen and oxygen atoms in total. The second kappa shape index (κ2) is 7.87. The Morgan fingerprint density at radius 1 is 1.30 bits per heavy atom. The molecule has 1 aliphatic heterocycles. The second-order valence-corrected chi connectivity index (χ2v) is 6.73. The predicted molar refractivity (Wildman–Crippen MR) is 95.5 cm³/mol. The van der Waals surface area contributed by atoms with Crippen LogP contribution in [0.4, 0.5) is 5.69 Å². The molecule has 1 saturated heterocycles. The van der Waals surface area contributed by atoms with E-state index in [-0.39, 0.29) is 22.7 Å². The molecule has 27 heavy (non-hydrogen) atoms. The fourth-order valence-corrected chi connectivity index (χ4v) is 3.40. The van der Waals surface area contributed by atoms with Crippen LogP contribution in [0.2, 0.25) is 5.15 Å². The van der Waals surface area contributed by atoms with Gasteiger partial charge >= 0.3 is 5.97 Å². The number of carbonyl (C=O) groups excluding carboxylic acids is 4. The zero-order valence-corrected chi connectivity index (χ0v) is 15.3. The highest BCUT2D eigenvalue weighted by molar-refractivity contribution is 6.32. The molecule has 1 fully saturated rings. The molecule has 0 radical (unpaired) electrons. The molecule has 1 aliphatic carbocycles. The number of carbonyl (C=O) groups is 4. The van der Waals surface area contributed by atoms with Crippen LogP contribution < -0.4 is 5.32 Å². The number of allylic oxidation sites excluding steroid dienone is 2. The summed E-state index contributed by atoms with van der Waals surface area (Å²) in [6.07, 6.45) is 6.18. The average molecular weight is 392 g/mol. The molecule has 1 N–H and O–H groups in total. The third-order valence-corrected chi connectivity index (χ3v) is 4.95. The van der Waals surface area contributed by atoms with Crippen LogP contribution in [0, 0.1) is 11.8 Å². The molecule has 3 atom stereocenters. The maximum absolute atomic E-state index is 12.5. The highest BCUT2D eigenvalue weighted by Crippen LogP contribution is 2.36. The molecule has 3 amide bonds. The third kappa shape index (κ3) is 3.85. The van der Waals surface area contributed by atoms with E-state index in [1.807, 2.05) is 12.2 Å². The number of nitrogens with one attached hydrogen (secondary N) is 1. The number of likely N-dealkylation sites (tertiary alicyclic amines) is 1. The van der Waals surface area contributed by atoms with Crippen LogP contribution >= 0.6 is 11.6 Å². The van der Waals surface area contributed by atoms with Gasteiger partial charge in [0.25, 0.3) is 5.91 Å². The molecule has 9 heteroatoms. The molecule has 0 saturated carbocycles. The van der Waals surface area contributed by atoms with Gasteiger partial charge in [-0.15, -0.1) is 0 Å². The minimum Gasteiger partial charge on any atom is -0.454 e. The molecule has 1 aromatic rings. The van der Waals surface area contributed by atoms with E-state index in [2.05, 4.69) is 10.3 Å². The SMILES string of the molecule is C[C@@H](C(=O)OCC(=O)Nc1cccnc1Cl)N1C(=O)[C@@H]2CC=CC[C@H]2C1=O. The number of halogens is 1. The van der Waals surface area contributed by atoms with Crippen molar-refractivity contribution in [2.75, 3.05) is 11.9 Å². The quantitative estimate of drug-likeness (QED) is 0.353. The van der Waals surface area contributed by atoms with Crippen molar-refractivity contribution in [3.63, 3.8) is 0 Å². The number of pyridine rings is 1. The van der Waals surface area contributed by atoms with Crippen molar-refractivity contribution in [3.05, 3.63) is 35.6 Å². The number of amides is 3. The first-order chi connectivity index (χ1) is 12.9. The number of hydrogen-bond donors (Lipinski definition) is 1. The lowest BCUT2D eigenvalue weighted by Gasteiger charge is -2.21. The number of nitrogens with zero attached hydrogens (tertiary/aromatic N) is 2. The minimum absolute atomic E-state index is 0.106. The Hall–Kier alpha value is -2.74. The first-order valence-corrected chi connectivity index (χ1v) is 8.87. The normalized spacial score (nSPS) is 22.4. The monoisotopic (exact) mass is 391 g/mol. The predicted octanol–water partition coefficient (Wildman–Crippen LogP) is 1.56. The van der Waals surface area contributed by atoms with Crippen molar-refractivity contribution in [1.82, 2.24) is 9.88 Å². The zero-order chi connectivity index (χ0) is 19.6. The molecule has 2 aliphatic rings. The average Bonchev–Trinajstić information content (AvgIpc) is 2.92. The minimum atomic E-state index is -1.09. The van der Waals surface area contributed by atoms with E-state index in [0.717, 1.165) is 4.90 Å². The van der Waals surface area contributed by atoms with Crippen molar-refractivity contribution in [2.45, 2.75) is 25.8 Å². The summed E-state index contributed by atoms with van der Waals surface area (Å²) in [6.45, 7) is 0.845. The molecule has 142 valence electrons. The Morgan fingerprint density at radius 3 is 2.52 bits per heavy atom. The van der Waals surface area contributed by atoms with E-state index < -0.39 is 36.4 Å². The number of ether oxygens (including phenoxy) is 1. The van der Waals surface area contributed by atoms with Gasteiger partial charge in [-0.3, -0.25) is 19.3 Å². The Kier molecular flexibility index (Phi) is 5.55. The van der Waals surface area contributed by atoms with Crippen LogP contribution in [0.1, 0.15) is 19.8 Å². The van der Waals surface area contributed by atoms with Crippen molar-refractivity contribution in [1.29, 1.82) is 0 Å². The lowest BCUT2D eigenvalue weighted by Crippen LogP contribution is -2.45. The Labute approximate surface area is 160 Å². The van der Waals surface area contributed by atoms with Gasteiger partial charge in [0.15, 0.2) is 11.8 Å². The number of hydrogen-bond acceptors (Lipinski definition) is 6. The summed E-state index contributed by atoms with van der Waals surface area (Å²) < 4.78 is 4.96. The fraction of sp³-hybridized carbons (Fsp3) is 0.389. The Bertz CT molecular complexity index is 799. The van der Waals surface area contributed by atoms with Gasteiger partial charge in [0.2, 0.25) is 11.8 Å². The van der Waals surface area contributed by atoms with Crippen molar-refractivity contribution >= 4 is 41.0 Å². The van der Waals surface area contributed by atoms with Gasteiger partial charge in [-0.1, -0.05) is 23.8 Å². The van der Waals surface area contributed by atoms with Crippen LogP contribution in [-0.2, 0) is 23.9 Å². The number of fused-ring (bicyclic) bond motifs is 1. The molecule has 0 aromatic carbocycles. The zero-order valence-electron chi connectivity index (χ0n) is 14.6. The number of anilines is 1. The van der Waals surface area contributed by atoms with E-state index in [1.54, 1.807) is 12.1 Å². The van der Waals surface area contributed by atoms with E-state index in [0.29, 0.717) is 12.8 Å². The molecular formula is C18H18ClN3O5. The highest BCUT2D eigenvalue weighted by atomic mass is 35.5. The summed E-state index contributed by atoms with van der Waals surface area (Å²) in [5, 5.41) is 2.57. The van der Waals surface area contributed by atoms with E-state index in [1.165, 1.54) is 13.1 Å². The summed E-state index contributed by atoms with van der Waals surface area (Å²) in [4.78, 5) is 53.9. The molecule has 1 aromatic heterocycles. The van der Waals surface area contributed by atoms with Crippen LogP contribution in [0.15, 0.2) is 30.5 Å². The van der Waals surface area contributed by atoms with Gasteiger partial charge in [-0.05, 0) is 31.9 Å². The molecule has 0 bridgehead atoms. The van der Waals surface area contributed by atoms with Gasteiger partial charge in [-0.25, -0.2) is 9.78 Å². The van der Waals surface area contributed by atoms with Crippen molar-refractivity contribution in [3.8, 4) is 0 Å². The smallest absolute Gasteiger partial charge is 0.329 e. The maximum atomic E-state index is 12.5. The summed E-state index contributed by atoms with van der Waals surface area (Å²) in [6, 6.07) is 2.05. The van der Waals surface area contributed by atoms with Crippen LogP contribution in [-0.4, -0.2) is 46.2 Å². The van der Waals surface area contributed by atoms with Gasteiger partial charge in [0.1, 0.15) is 6.04 Å². The summed E-state index contributed by atoms with van der Waals surface area (Å²) >= 11 is 5.84. The summed E-state index contributed by atoms with van der Waals surface area (Å²) in [7, 11) is 0. The van der Waals surface area contributed by atoms with Crippen LogP contribution in [0.25, 0.3) is 0 Å². The number of aromatic nitrogens is 1. The second-order valence-electron chi connectivity index (χ2n) is 6.38. The van der Waals surface area contributed by atoms with Crippen molar-refractivity contribution in [2.24, 2.45) is 11.8 Å². The van der Waals surface area contributed by atoms with E-state index >= 15 is 0 Å². The lowest BCUT2D eigenvalue weighted by molar-refractivity contribution is -0.159. The maximum Gasteiger partial charge on any atom is 0.329 e. The topological polar surface area (TPSA) is 106 Å². The van der Waals surface area contributed by atoms with Crippen LogP contribution in [0.5, 0.6) is 0 Å². The standard InChI is InChI=1S/C18H18ClN3O5/c1-10(22-16(24)11-5-2-3-6-12(11)17(22)25)18(26)27-9-14(23)21-13-7-4-8-20-15(13)19/h2-4,7-8,10-12H,5-6,9H2,1H3,(H,21,23)/t10-,11+,12+/m0/s1. The van der Waals surface area contributed by atoms with Gasteiger partial charge in [0, 0.05) is 6.20 Å². The first kappa shape index (κ1) is 19.0. The molecule has 2 heterocycles. The van der Waals surface area contributed by atoms with E-state index in [9.17, 15) is 19.2 Å². The lowest BCUT2D eigenvalue weighted by atomic mass is 9.85. The largest absolute Gasteiger partial charge is 0.454 e. The summed E-state index contributed by atoms with van der Waals surface area (Å²) in [5.41, 5.74) is 0.287. The fourth-order valence-electron chi connectivity index (χ4n) is 3.24. The van der Waals surface area contributed by atoms with Gasteiger partial charge < -0.3 is 10.1 Å². The van der Waals surface area contributed by atoms with Crippen LogP contribution in [0.3, 0.4) is 0 Å². The molecular weight excluding hydrogens is 374 g/mol. The van der Waals surface area contributed by atoms with Crippen molar-refractivity contribution < 1.29 is 23.9 Å². The third-order valence-electron chi connectivity index (χ3n) is 4.65. The molecule has 3 rings (SSSR count). The highest BCUT2D eigenvalue weighted by Gasteiger charge is 2.50. The van der Waals surface area contributed by atoms with Gasteiger partial charge in [-0.2, -0.15) is 0 Å². The number of esters is 1. The molecule has 0 spiro atoms. The van der Waals surface area contributed by atoms with Gasteiger partial charge in [0.05, 0.1) is 17.5 Å². The molecule has 0 unspecified atom stereocenters. The van der Waals surface area contributed by atoms with E-state index in [4.69, 9.17) is 16.3 Å².